The van der Waals surface area contributed by atoms with E-state index in [0.29, 0.717) is 34.9 Å². The number of anilines is 1. The molecule has 1 heterocycles. The number of fused-ring (bicyclic) bond motifs is 1. The molecule has 0 fully saturated rings. The summed E-state index contributed by atoms with van der Waals surface area (Å²) in [7, 11) is 4.05. The normalized spacial score (nSPS) is 11.1. The van der Waals surface area contributed by atoms with Crippen molar-refractivity contribution in [3.8, 4) is 0 Å². The lowest BCUT2D eigenvalue weighted by Gasteiger charge is -2.27. The molecule has 0 unspecified atom stereocenters. The summed E-state index contributed by atoms with van der Waals surface area (Å²) in [5.41, 5.74) is 3.87. The van der Waals surface area contributed by atoms with Gasteiger partial charge in [-0.15, -0.1) is 0 Å². The highest BCUT2D eigenvalue weighted by Crippen LogP contribution is 2.15. The topological polar surface area (TPSA) is 64.3 Å². The molecule has 3 aromatic rings. The highest BCUT2D eigenvalue weighted by molar-refractivity contribution is 7.80. The van der Waals surface area contributed by atoms with Gasteiger partial charge in [0.2, 0.25) is 0 Å². The summed E-state index contributed by atoms with van der Waals surface area (Å²) in [6.45, 7) is 6.08. The zero-order valence-electron chi connectivity index (χ0n) is 17.3. The molecule has 29 heavy (non-hydrogen) atoms. The number of hydrogen-bond donors (Lipinski definition) is 2. The quantitative estimate of drug-likeness (QED) is 0.609. The SMILES string of the molecule is Cc1cc(C)cc(NC(=S)N(CCN(C)C)Cc2nc3ccccc3c(=O)[nH]2)c1. The van der Waals surface area contributed by atoms with E-state index in [-0.39, 0.29) is 5.56 Å². The maximum atomic E-state index is 12.4. The standard InChI is InChI=1S/C22H27N5OS/c1-15-11-16(2)13-17(12-15)23-22(29)27(10-9-26(3)4)14-20-24-19-8-6-5-7-18(19)21(28)25-20/h5-8,11-13H,9-10,14H2,1-4H3,(H,23,29)(H,24,25,28). The van der Waals surface area contributed by atoms with Gasteiger partial charge in [-0.25, -0.2) is 4.98 Å². The van der Waals surface area contributed by atoms with E-state index in [1.54, 1.807) is 6.07 Å². The third kappa shape index (κ3) is 5.62. The number of aromatic amines is 1. The van der Waals surface area contributed by atoms with Gasteiger partial charge in [0.1, 0.15) is 5.82 Å². The van der Waals surface area contributed by atoms with E-state index in [2.05, 4.69) is 52.2 Å². The summed E-state index contributed by atoms with van der Waals surface area (Å²) in [6, 6.07) is 13.6. The second-order valence-corrected chi connectivity index (χ2v) is 7.95. The van der Waals surface area contributed by atoms with E-state index in [1.165, 1.54) is 11.1 Å². The Kier molecular flexibility index (Phi) is 6.61. The van der Waals surface area contributed by atoms with Gasteiger partial charge in [-0.3, -0.25) is 4.79 Å². The lowest BCUT2D eigenvalue weighted by Crippen LogP contribution is -2.39. The van der Waals surface area contributed by atoms with Crippen molar-refractivity contribution >= 4 is 33.9 Å². The van der Waals surface area contributed by atoms with Crippen LogP contribution in [0, 0.1) is 13.8 Å². The Morgan fingerprint density at radius 1 is 1.10 bits per heavy atom. The fraction of sp³-hybridized carbons (Fsp3) is 0.318. The molecule has 0 saturated carbocycles. The van der Waals surface area contributed by atoms with Crippen molar-refractivity contribution in [2.45, 2.75) is 20.4 Å². The Morgan fingerprint density at radius 2 is 1.79 bits per heavy atom. The summed E-state index contributed by atoms with van der Waals surface area (Å²) in [6.07, 6.45) is 0. The molecular formula is C22H27N5OS. The van der Waals surface area contributed by atoms with Crippen LogP contribution in [-0.2, 0) is 6.54 Å². The van der Waals surface area contributed by atoms with Crippen molar-refractivity contribution in [1.82, 2.24) is 19.8 Å². The number of hydrogen-bond acceptors (Lipinski definition) is 4. The first-order chi connectivity index (χ1) is 13.8. The van der Waals surface area contributed by atoms with Crippen LogP contribution in [0.15, 0.2) is 47.3 Å². The Labute approximate surface area is 176 Å². The van der Waals surface area contributed by atoms with Gasteiger partial charge in [0.15, 0.2) is 5.11 Å². The van der Waals surface area contributed by atoms with Crippen molar-refractivity contribution in [3.05, 3.63) is 69.8 Å². The highest BCUT2D eigenvalue weighted by Gasteiger charge is 2.14. The van der Waals surface area contributed by atoms with Crippen LogP contribution in [0.5, 0.6) is 0 Å². The van der Waals surface area contributed by atoms with Crippen LogP contribution in [-0.4, -0.2) is 52.1 Å². The molecule has 1 aromatic heterocycles. The molecule has 0 saturated heterocycles. The molecule has 0 aliphatic heterocycles. The number of H-pyrrole nitrogens is 1. The van der Waals surface area contributed by atoms with Gasteiger partial charge >= 0.3 is 0 Å². The Hall–Kier alpha value is -2.77. The lowest BCUT2D eigenvalue weighted by molar-refractivity contribution is 0.323. The van der Waals surface area contributed by atoms with E-state index >= 15 is 0 Å². The summed E-state index contributed by atoms with van der Waals surface area (Å²) in [5.74, 6) is 0.594. The first kappa shape index (κ1) is 21.0. The molecule has 2 N–H and O–H groups in total. The molecule has 0 radical (unpaired) electrons. The van der Waals surface area contributed by atoms with E-state index in [9.17, 15) is 4.79 Å². The van der Waals surface area contributed by atoms with Crippen LogP contribution in [0.1, 0.15) is 17.0 Å². The van der Waals surface area contributed by atoms with Crippen LogP contribution in [0.3, 0.4) is 0 Å². The zero-order chi connectivity index (χ0) is 21.0. The number of para-hydroxylation sites is 1. The van der Waals surface area contributed by atoms with E-state index < -0.39 is 0 Å². The van der Waals surface area contributed by atoms with Gasteiger partial charge in [-0.1, -0.05) is 18.2 Å². The average Bonchev–Trinajstić information content (AvgIpc) is 2.64. The molecule has 0 atom stereocenters. The fourth-order valence-electron chi connectivity index (χ4n) is 3.21. The predicted octanol–water partition coefficient (Wildman–Crippen LogP) is 3.30. The van der Waals surface area contributed by atoms with Gasteiger partial charge in [-0.2, -0.15) is 0 Å². The molecule has 0 spiro atoms. The van der Waals surface area contributed by atoms with Crippen molar-refractivity contribution in [2.24, 2.45) is 0 Å². The Balaban J connectivity index is 1.84. The molecule has 152 valence electrons. The smallest absolute Gasteiger partial charge is 0.258 e. The minimum atomic E-state index is -0.133. The van der Waals surface area contributed by atoms with Crippen molar-refractivity contribution < 1.29 is 0 Å². The molecule has 6 nitrogen and oxygen atoms in total. The van der Waals surface area contributed by atoms with Crippen LogP contribution >= 0.6 is 12.2 Å². The van der Waals surface area contributed by atoms with Gasteiger partial charge in [-0.05, 0) is 75.6 Å². The first-order valence-corrected chi connectivity index (χ1v) is 9.99. The molecule has 0 aliphatic carbocycles. The molecule has 0 amide bonds. The fourth-order valence-corrected chi connectivity index (χ4v) is 3.49. The second-order valence-electron chi connectivity index (χ2n) is 7.56. The number of aromatic nitrogens is 2. The van der Waals surface area contributed by atoms with E-state index in [1.807, 2.05) is 37.2 Å². The molecule has 0 aliphatic rings. The van der Waals surface area contributed by atoms with Crippen LogP contribution in [0.25, 0.3) is 10.9 Å². The molecule has 0 bridgehead atoms. The average molecular weight is 410 g/mol. The maximum absolute atomic E-state index is 12.4. The second kappa shape index (κ2) is 9.15. The highest BCUT2D eigenvalue weighted by atomic mass is 32.1. The molecule has 7 heteroatoms. The summed E-state index contributed by atoms with van der Waals surface area (Å²) >= 11 is 5.70. The molecular weight excluding hydrogens is 382 g/mol. The number of nitrogens with zero attached hydrogens (tertiary/aromatic N) is 3. The maximum Gasteiger partial charge on any atom is 0.258 e. The number of rotatable bonds is 6. The van der Waals surface area contributed by atoms with Crippen molar-refractivity contribution in [2.75, 3.05) is 32.5 Å². The minimum Gasteiger partial charge on any atom is -0.340 e. The number of benzene rings is 2. The Bertz CT molecular complexity index is 1060. The number of thiocarbonyl (C=S) groups is 1. The van der Waals surface area contributed by atoms with Gasteiger partial charge in [0.25, 0.3) is 5.56 Å². The summed E-state index contributed by atoms with van der Waals surface area (Å²) in [4.78, 5) is 24.1. The summed E-state index contributed by atoms with van der Waals surface area (Å²) in [5, 5.41) is 4.53. The minimum absolute atomic E-state index is 0.133. The molecule has 3 rings (SSSR count). The van der Waals surface area contributed by atoms with Crippen LogP contribution in [0.4, 0.5) is 5.69 Å². The third-order valence-corrected chi connectivity index (χ3v) is 4.94. The lowest BCUT2D eigenvalue weighted by atomic mass is 10.1. The number of aryl methyl sites for hydroxylation is 2. The largest absolute Gasteiger partial charge is 0.340 e. The van der Waals surface area contributed by atoms with Crippen molar-refractivity contribution in [3.63, 3.8) is 0 Å². The molecule has 2 aromatic carbocycles. The third-order valence-electron chi connectivity index (χ3n) is 4.58. The number of nitrogens with one attached hydrogen (secondary N) is 2. The van der Waals surface area contributed by atoms with Crippen molar-refractivity contribution in [1.29, 1.82) is 0 Å². The van der Waals surface area contributed by atoms with Gasteiger partial charge in [0.05, 0.1) is 17.4 Å². The van der Waals surface area contributed by atoms with Gasteiger partial charge in [0, 0.05) is 18.8 Å². The van der Waals surface area contributed by atoms with E-state index in [4.69, 9.17) is 12.2 Å². The predicted molar refractivity (Wildman–Crippen MR) is 123 cm³/mol. The Morgan fingerprint density at radius 3 is 2.48 bits per heavy atom. The monoisotopic (exact) mass is 409 g/mol. The van der Waals surface area contributed by atoms with Crippen LogP contribution in [0.2, 0.25) is 0 Å². The van der Waals surface area contributed by atoms with Crippen LogP contribution < -0.4 is 10.9 Å². The van der Waals surface area contributed by atoms with E-state index in [0.717, 1.165) is 12.2 Å². The first-order valence-electron chi connectivity index (χ1n) is 9.59. The van der Waals surface area contributed by atoms with Gasteiger partial charge < -0.3 is 20.1 Å². The zero-order valence-corrected chi connectivity index (χ0v) is 18.1. The summed E-state index contributed by atoms with van der Waals surface area (Å²) < 4.78 is 0. The number of likely N-dealkylation sites (N-methyl/N-ethyl adjacent to an activating group) is 1.